The zero-order chi connectivity index (χ0) is 17.7. The maximum Gasteiger partial charge on any atom is 0.124 e. The number of unbranched alkanes of at least 4 members (excludes halogenated alkanes) is 1. The van der Waals surface area contributed by atoms with Gasteiger partial charge in [-0.3, -0.25) is 4.39 Å². The molecule has 1 N–H and O–H groups in total. The topological polar surface area (TPSA) is 29.9 Å². The number of alkyl halides is 2. The molecule has 0 aliphatic heterocycles. The van der Waals surface area contributed by atoms with Crippen LogP contribution in [0.25, 0.3) is 11.1 Å². The van der Waals surface area contributed by atoms with Crippen molar-refractivity contribution in [3.05, 3.63) is 39.9 Å². The number of nitrogens with one attached hydrogen (secondary N) is 1. The zero-order valence-corrected chi connectivity index (χ0v) is 16.9. The Morgan fingerprint density at radius 1 is 1.29 bits per heavy atom. The Hall–Kier alpha value is -0.950. The molecular formula is C17H21Br2F2N3. The number of nitrogens with zero attached hydrogens (tertiary/aromatic N) is 2. The van der Waals surface area contributed by atoms with Gasteiger partial charge in [0.1, 0.15) is 5.82 Å². The van der Waals surface area contributed by atoms with Gasteiger partial charge >= 0.3 is 0 Å². The van der Waals surface area contributed by atoms with Crippen LogP contribution in [-0.2, 0) is 0 Å². The van der Waals surface area contributed by atoms with Gasteiger partial charge in [-0.15, -0.1) is 0 Å². The number of hydrogen-bond donors (Lipinski definition) is 1. The molecule has 2 aromatic rings. The van der Waals surface area contributed by atoms with Crippen molar-refractivity contribution in [3.8, 4) is 11.1 Å². The first-order valence-corrected chi connectivity index (χ1v) is 9.60. The molecule has 0 saturated carbocycles. The molecule has 0 aliphatic carbocycles. The number of rotatable bonds is 8. The fraction of sp³-hybridized carbons (Fsp3) is 0.471. The number of benzene rings is 1. The highest BCUT2D eigenvalue weighted by atomic mass is 79.9. The molecule has 1 aromatic heterocycles. The lowest BCUT2D eigenvalue weighted by Gasteiger charge is -2.13. The van der Waals surface area contributed by atoms with Gasteiger partial charge in [0.25, 0.3) is 0 Å². The van der Waals surface area contributed by atoms with Crippen molar-refractivity contribution in [1.29, 1.82) is 0 Å². The first-order chi connectivity index (χ1) is 11.4. The Morgan fingerprint density at radius 2 is 2.04 bits per heavy atom. The summed E-state index contributed by atoms with van der Waals surface area (Å²) in [5, 5.41) is 4.53. The third kappa shape index (κ3) is 4.79. The summed E-state index contributed by atoms with van der Waals surface area (Å²) in [5.41, 5.74) is 7.01. The molecule has 1 unspecified atom stereocenters. The molecule has 1 aromatic carbocycles. The summed E-state index contributed by atoms with van der Waals surface area (Å²) < 4.78 is 26.2. The fourth-order valence-electron chi connectivity index (χ4n) is 2.63. The molecule has 24 heavy (non-hydrogen) atoms. The quantitative estimate of drug-likeness (QED) is 0.412. The molecule has 1 atom stereocenters. The third-order valence-corrected chi connectivity index (χ3v) is 5.29. The Balaban J connectivity index is 2.11. The lowest BCUT2D eigenvalue weighted by Crippen LogP contribution is -2.24. The van der Waals surface area contributed by atoms with Crippen LogP contribution >= 0.6 is 31.9 Å². The van der Waals surface area contributed by atoms with Crippen LogP contribution in [0.15, 0.2) is 22.7 Å². The van der Waals surface area contributed by atoms with Gasteiger partial charge in [0.15, 0.2) is 0 Å². The van der Waals surface area contributed by atoms with Gasteiger partial charge in [0.05, 0.1) is 18.1 Å². The van der Waals surface area contributed by atoms with Crippen LogP contribution in [0.1, 0.15) is 30.7 Å². The third-order valence-electron chi connectivity index (χ3n) is 3.86. The standard InChI is InChI=1S/C17H21Br2F2N3/c1-11-17(15-7-6-14(21)9-16(15)19)12(2)24(23-11)22-10-13(18)5-3-4-8-20/h6-7,9,13,22H,3-5,8,10H2,1-2H3. The molecule has 0 fully saturated rings. The van der Waals surface area contributed by atoms with E-state index in [-0.39, 0.29) is 17.3 Å². The second kappa shape index (κ2) is 8.94. The maximum atomic E-state index is 13.3. The zero-order valence-electron chi connectivity index (χ0n) is 13.8. The van der Waals surface area contributed by atoms with Crippen LogP contribution < -0.4 is 5.43 Å². The molecule has 3 nitrogen and oxygen atoms in total. The largest absolute Gasteiger partial charge is 0.309 e. The molecular weight excluding hydrogens is 444 g/mol. The normalized spacial score (nSPS) is 12.4. The van der Waals surface area contributed by atoms with Gasteiger partial charge in [-0.2, -0.15) is 9.89 Å². The Labute approximate surface area is 158 Å². The molecule has 0 aliphatic rings. The predicted octanol–water partition coefficient (Wildman–Crippen LogP) is 5.52. The monoisotopic (exact) mass is 463 g/mol. The Kier molecular flexibility index (Phi) is 7.22. The summed E-state index contributed by atoms with van der Waals surface area (Å²) in [6.45, 7) is 4.34. The predicted molar refractivity (Wildman–Crippen MR) is 102 cm³/mol. The molecule has 7 heteroatoms. The SMILES string of the molecule is Cc1nn(NCC(Br)CCCCF)c(C)c1-c1ccc(F)cc1Br. The lowest BCUT2D eigenvalue weighted by molar-refractivity contribution is 0.455. The molecule has 0 radical (unpaired) electrons. The van der Waals surface area contributed by atoms with E-state index in [0.717, 1.165) is 35.4 Å². The fourth-order valence-corrected chi connectivity index (χ4v) is 3.64. The van der Waals surface area contributed by atoms with Crippen molar-refractivity contribution in [2.24, 2.45) is 0 Å². The molecule has 132 valence electrons. The van der Waals surface area contributed by atoms with Crippen molar-refractivity contribution >= 4 is 31.9 Å². The van der Waals surface area contributed by atoms with E-state index in [1.54, 1.807) is 10.9 Å². The van der Waals surface area contributed by atoms with Crippen molar-refractivity contribution in [1.82, 2.24) is 9.89 Å². The number of aryl methyl sites for hydroxylation is 1. The first kappa shape index (κ1) is 19.4. The van der Waals surface area contributed by atoms with E-state index in [9.17, 15) is 8.78 Å². The van der Waals surface area contributed by atoms with Crippen LogP contribution in [0.4, 0.5) is 8.78 Å². The van der Waals surface area contributed by atoms with Gasteiger partial charge in [-0.1, -0.05) is 37.9 Å². The first-order valence-electron chi connectivity index (χ1n) is 7.89. The molecule has 0 amide bonds. The smallest absolute Gasteiger partial charge is 0.124 e. The van der Waals surface area contributed by atoms with E-state index >= 15 is 0 Å². The summed E-state index contributed by atoms with van der Waals surface area (Å²) in [7, 11) is 0. The molecule has 0 bridgehead atoms. The summed E-state index contributed by atoms with van der Waals surface area (Å²) >= 11 is 7.03. The van der Waals surface area contributed by atoms with E-state index < -0.39 is 0 Å². The van der Waals surface area contributed by atoms with Crippen molar-refractivity contribution in [2.45, 2.75) is 37.9 Å². The van der Waals surface area contributed by atoms with Crippen LogP contribution in [0.5, 0.6) is 0 Å². The van der Waals surface area contributed by atoms with Crippen molar-refractivity contribution in [2.75, 3.05) is 18.6 Å². The van der Waals surface area contributed by atoms with Crippen molar-refractivity contribution < 1.29 is 8.78 Å². The summed E-state index contributed by atoms with van der Waals surface area (Å²) in [6, 6.07) is 4.66. The average molecular weight is 465 g/mol. The van der Waals surface area contributed by atoms with Crippen LogP contribution in [0.2, 0.25) is 0 Å². The Bertz CT molecular complexity index is 689. The molecule has 2 rings (SSSR count). The average Bonchev–Trinajstić information content (AvgIpc) is 2.80. The van der Waals surface area contributed by atoms with Gasteiger partial charge in [0, 0.05) is 21.4 Å². The highest BCUT2D eigenvalue weighted by molar-refractivity contribution is 9.10. The van der Waals surface area contributed by atoms with Gasteiger partial charge in [0.2, 0.25) is 0 Å². The molecule has 1 heterocycles. The summed E-state index contributed by atoms with van der Waals surface area (Å²) in [6.07, 6.45) is 2.37. The Morgan fingerprint density at radius 3 is 2.71 bits per heavy atom. The van der Waals surface area contributed by atoms with Gasteiger partial charge in [-0.25, -0.2) is 4.39 Å². The summed E-state index contributed by atoms with van der Waals surface area (Å²) in [5.74, 6) is -0.276. The minimum atomic E-state index is -0.276. The highest BCUT2D eigenvalue weighted by Gasteiger charge is 2.16. The van der Waals surface area contributed by atoms with E-state index in [2.05, 4.69) is 42.4 Å². The second-order valence-corrected chi connectivity index (χ2v) is 7.88. The number of aromatic nitrogens is 2. The number of halogens is 4. The summed E-state index contributed by atoms with van der Waals surface area (Å²) in [4.78, 5) is 2.01. The van der Waals surface area contributed by atoms with Crippen molar-refractivity contribution in [3.63, 3.8) is 0 Å². The van der Waals surface area contributed by atoms with E-state index in [1.165, 1.54) is 12.1 Å². The van der Waals surface area contributed by atoms with Crippen LogP contribution in [0, 0.1) is 19.7 Å². The van der Waals surface area contributed by atoms with E-state index in [4.69, 9.17) is 0 Å². The van der Waals surface area contributed by atoms with E-state index in [1.807, 2.05) is 13.8 Å². The maximum absolute atomic E-state index is 13.3. The van der Waals surface area contributed by atoms with Gasteiger partial charge in [-0.05, 0) is 50.8 Å². The lowest BCUT2D eigenvalue weighted by atomic mass is 10.0. The van der Waals surface area contributed by atoms with Crippen LogP contribution in [0.3, 0.4) is 0 Å². The highest BCUT2D eigenvalue weighted by Crippen LogP contribution is 2.33. The molecule has 0 saturated heterocycles. The second-order valence-electron chi connectivity index (χ2n) is 5.73. The van der Waals surface area contributed by atoms with Crippen LogP contribution in [-0.4, -0.2) is 27.9 Å². The minimum Gasteiger partial charge on any atom is -0.309 e. The van der Waals surface area contributed by atoms with Gasteiger partial charge < -0.3 is 5.43 Å². The minimum absolute atomic E-state index is 0.258. The molecule has 0 spiro atoms. The number of hydrogen-bond acceptors (Lipinski definition) is 2. The van der Waals surface area contributed by atoms with E-state index in [0.29, 0.717) is 17.4 Å².